The molecular weight excluding hydrogens is 695 g/mol. The molecule has 56 heavy (non-hydrogen) atoms. The Bertz CT molecular complexity index is 874. The third-order valence-electron chi connectivity index (χ3n) is 11.3. The fourth-order valence-electron chi connectivity index (χ4n) is 7.45. The Kier molecular flexibility index (Phi) is 44.7. The van der Waals surface area contributed by atoms with E-state index in [1.54, 1.807) is 0 Å². The second-order valence-electron chi connectivity index (χ2n) is 16.8. The van der Waals surface area contributed by atoms with Crippen LogP contribution in [0.1, 0.15) is 258 Å². The van der Waals surface area contributed by atoms with Crippen LogP contribution in [0, 0.1) is 0 Å². The van der Waals surface area contributed by atoms with Crippen LogP contribution in [-0.4, -0.2) is 47.4 Å². The lowest BCUT2D eigenvalue weighted by Crippen LogP contribution is -2.45. The highest BCUT2D eigenvalue weighted by atomic mass is 16.5. The highest BCUT2D eigenvalue weighted by Crippen LogP contribution is 2.16. The molecular formula is C50H95NO5. The number of esters is 1. The second kappa shape index (κ2) is 46.0. The van der Waals surface area contributed by atoms with Crippen molar-refractivity contribution in [3.05, 3.63) is 24.3 Å². The van der Waals surface area contributed by atoms with Gasteiger partial charge in [-0.15, -0.1) is 0 Å². The summed E-state index contributed by atoms with van der Waals surface area (Å²) in [5.41, 5.74) is 0. The van der Waals surface area contributed by atoms with Gasteiger partial charge < -0.3 is 20.3 Å². The molecule has 1 amide bonds. The van der Waals surface area contributed by atoms with Gasteiger partial charge in [-0.05, 0) is 44.9 Å². The van der Waals surface area contributed by atoms with Crippen molar-refractivity contribution in [2.75, 3.05) is 13.2 Å². The zero-order chi connectivity index (χ0) is 40.8. The lowest BCUT2D eigenvalue weighted by atomic mass is 10.0. The van der Waals surface area contributed by atoms with Crippen LogP contribution in [0.2, 0.25) is 0 Å². The molecule has 6 nitrogen and oxygen atoms in total. The van der Waals surface area contributed by atoms with Crippen LogP contribution in [0.3, 0.4) is 0 Å². The van der Waals surface area contributed by atoms with Gasteiger partial charge in [-0.1, -0.05) is 224 Å². The average Bonchev–Trinajstić information content (AvgIpc) is 3.20. The molecule has 0 fully saturated rings. The number of nitrogens with one attached hydrogen (secondary N) is 1. The van der Waals surface area contributed by atoms with Gasteiger partial charge in [-0.25, -0.2) is 0 Å². The molecule has 2 unspecified atom stereocenters. The smallest absolute Gasteiger partial charge is 0.305 e. The first-order valence-electron chi connectivity index (χ1n) is 24.6. The van der Waals surface area contributed by atoms with E-state index in [0.717, 1.165) is 51.4 Å². The number of amides is 1. The van der Waals surface area contributed by atoms with Gasteiger partial charge in [-0.3, -0.25) is 9.59 Å². The summed E-state index contributed by atoms with van der Waals surface area (Å²) in [6, 6.07) is -0.584. The van der Waals surface area contributed by atoms with Gasteiger partial charge in [0.1, 0.15) is 0 Å². The molecule has 0 aliphatic carbocycles. The number of rotatable bonds is 45. The van der Waals surface area contributed by atoms with E-state index in [2.05, 4.69) is 37.4 Å². The summed E-state index contributed by atoms with van der Waals surface area (Å²) in [7, 11) is 0. The minimum absolute atomic E-state index is 0.0176. The van der Waals surface area contributed by atoms with Crippen molar-refractivity contribution >= 4 is 11.9 Å². The topological polar surface area (TPSA) is 95.9 Å². The van der Waals surface area contributed by atoms with Crippen molar-refractivity contribution in [2.45, 2.75) is 270 Å². The molecule has 6 heteroatoms. The fourth-order valence-corrected chi connectivity index (χ4v) is 7.45. The van der Waals surface area contributed by atoms with Gasteiger partial charge in [0.15, 0.2) is 0 Å². The van der Waals surface area contributed by atoms with E-state index in [9.17, 15) is 19.8 Å². The molecule has 0 radical (unpaired) electrons. The minimum Gasteiger partial charge on any atom is -0.466 e. The van der Waals surface area contributed by atoms with E-state index in [1.807, 2.05) is 6.08 Å². The van der Waals surface area contributed by atoms with Crippen LogP contribution in [-0.2, 0) is 14.3 Å². The Morgan fingerprint density at radius 3 is 1.39 bits per heavy atom. The van der Waals surface area contributed by atoms with Gasteiger partial charge in [0.2, 0.25) is 5.91 Å². The Hall–Kier alpha value is -1.66. The number of allylic oxidation sites excluding steroid dienone is 4. The molecule has 0 heterocycles. The Morgan fingerprint density at radius 2 is 0.911 bits per heavy atom. The fraction of sp³-hybridized carbons (Fsp3) is 0.880. The lowest BCUT2D eigenvalue weighted by molar-refractivity contribution is -0.143. The number of unbranched alkanes of at least 4 members (excludes halogenated alkanes) is 30. The normalized spacial score (nSPS) is 12.9. The van der Waals surface area contributed by atoms with E-state index in [-0.39, 0.29) is 18.5 Å². The van der Waals surface area contributed by atoms with Gasteiger partial charge in [0, 0.05) is 12.8 Å². The summed E-state index contributed by atoms with van der Waals surface area (Å²) in [4.78, 5) is 24.4. The largest absolute Gasteiger partial charge is 0.466 e. The van der Waals surface area contributed by atoms with Crippen LogP contribution >= 0.6 is 0 Å². The van der Waals surface area contributed by atoms with E-state index < -0.39 is 12.1 Å². The van der Waals surface area contributed by atoms with Crippen molar-refractivity contribution in [1.29, 1.82) is 0 Å². The monoisotopic (exact) mass is 790 g/mol. The SMILES string of the molecule is CCCCCCCCCCCCCCCCCC(O)C(CO)NC(=O)CC/C=C\C/C=C\CCCCCCCCOC(=O)CCCCCCCCCCCCC. The number of carbonyl (C=O) groups excluding carboxylic acids is 2. The summed E-state index contributed by atoms with van der Waals surface area (Å²) >= 11 is 0. The molecule has 0 saturated heterocycles. The van der Waals surface area contributed by atoms with E-state index in [1.165, 1.54) is 167 Å². The number of aliphatic hydroxyl groups is 2. The van der Waals surface area contributed by atoms with Crippen LogP contribution in [0.15, 0.2) is 24.3 Å². The maximum absolute atomic E-state index is 12.4. The highest BCUT2D eigenvalue weighted by Gasteiger charge is 2.19. The van der Waals surface area contributed by atoms with E-state index in [4.69, 9.17) is 4.74 Å². The molecule has 0 aromatic rings. The first-order chi connectivity index (χ1) is 27.5. The zero-order valence-electron chi connectivity index (χ0n) is 37.4. The molecule has 0 bridgehead atoms. The van der Waals surface area contributed by atoms with Gasteiger partial charge in [0.05, 0.1) is 25.4 Å². The number of carbonyl (C=O) groups is 2. The summed E-state index contributed by atoms with van der Waals surface area (Å²) in [6.07, 6.45) is 52.9. The first-order valence-corrected chi connectivity index (χ1v) is 24.6. The zero-order valence-corrected chi connectivity index (χ0v) is 37.4. The Balaban J connectivity index is 3.57. The molecule has 2 atom stereocenters. The third-order valence-corrected chi connectivity index (χ3v) is 11.3. The molecule has 3 N–H and O–H groups in total. The molecule has 0 aliphatic rings. The number of aliphatic hydroxyl groups excluding tert-OH is 2. The molecule has 0 spiro atoms. The summed E-state index contributed by atoms with van der Waals surface area (Å²) < 4.78 is 5.43. The van der Waals surface area contributed by atoms with Gasteiger partial charge >= 0.3 is 5.97 Å². The second-order valence-corrected chi connectivity index (χ2v) is 16.8. The molecule has 0 rings (SSSR count). The van der Waals surface area contributed by atoms with Gasteiger partial charge in [-0.2, -0.15) is 0 Å². The summed E-state index contributed by atoms with van der Waals surface area (Å²) in [5.74, 6) is -0.133. The lowest BCUT2D eigenvalue weighted by Gasteiger charge is -2.22. The Morgan fingerprint density at radius 1 is 0.500 bits per heavy atom. The van der Waals surface area contributed by atoms with Crippen molar-refractivity contribution in [3.63, 3.8) is 0 Å². The van der Waals surface area contributed by atoms with Gasteiger partial charge in [0.25, 0.3) is 0 Å². The van der Waals surface area contributed by atoms with E-state index >= 15 is 0 Å². The molecule has 0 aliphatic heterocycles. The Labute approximate surface area is 348 Å². The third kappa shape index (κ3) is 42.0. The summed E-state index contributed by atoms with van der Waals surface area (Å²) in [5, 5.41) is 23.1. The number of hydrogen-bond acceptors (Lipinski definition) is 5. The predicted molar refractivity (Wildman–Crippen MR) is 241 cm³/mol. The minimum atomic E-state index is -0.697. The molecule has 330 valence electrons. The predicted octanol–water partition coefficient (Wildman–Crippen LogP) is 14.3. The van der Waals surface area contributed by atoms with E-state index in [0.29, 0.717) is 32.3 Å². The summed E-state index contributed by atoms with van der Waals surface area (Å²) in [6.45, 7) is 4.88. The molecule has 0 saturated carbocycles. The van der Waals surface area contributed by atoms with Crippen molar-refractivity contribution in [1.82, 2.24) is 5.32 Å². The maximum atomic E-state index is 12.4. The van der Waals surface area contributed by atoms with Crippen molar-refractivity contribution in [2.24, 2.45) is 0 Å². The quantitative estimate of drug-likeness (QED) is 0.0324. The standard InChI is InChI=1S/C50H95NO5/c1-3-5-7-9-11-13-15-16-17-19-23-26-30-34-38-42-48(53)47(46-52)51-49(54)43-39-35-31-27-24-20-18-21-25-29-33-37-41-45-56-50(55)44-40-36-32-28-22-14-12-10-8-6-4-2/h20,24,31,35,47-48,52-53H,3-19,21-23,25-30,32-34,36-46H2,1-2H3,(H,51,54)/b24-20-,35-31-. The van der Waals surface area contributed by atoms with Crippen molar-refractivity contribution < 1.29 is 24.5 Å². The van der Waals surface area contributed by atoms with Crippen molar-refractivity contribution in [3.8, 4) is 0 Å². The highest BCUT2D eigenvalue weighted by molar-refractivity contribution is 5.76. The molecule has 0 aromatic carbocycles. The van der Waals surface area contributed by atoms with Crippen LogP contribution in [0.4, 0.5) is 0 Å². The maximum Gasteiger partial charge on any atom is 0.305 e. The number of hydrogen-bond donors (Lipinski definition) is 3. The number of ether oxygens (including phenoxy) is 1. The average molecular weight is 790 g/mol. The van der Waals surface area contributed by atoms with Crippen LogP contribution in [0.5, 0.6) is 0 Å². The van der Waals surface area contributed by atoms with Crippen LogP contribution < -0.4 is 5.32 Å². The first kappa shape index (κ1) is 54.3. The molecule has 0 aromatic heterocycles. The van der Waals surface area contributed by atoms with Crippen LogP contribution in [0.25, 0.3) is 0 Å².